The molecule has 0 aliphatic rings. The maximum Gasteiger partial charge on any atom is 0.224 e. The molecule has 88 valence electrons. The van der Waals surface area contributed by atoms with Crippen LogP contribution in [0.25, 0.3) is 0 Å². The summed E-state index contributed by atoms with van der Waals surface area (Å²) in [5, 5.41) is 12.4. The van der Waals surface area contributed by atoms with E-state index in [2.05, 4.69) is 21.2 Å². The van der Waals surface area contributed by atoms with Crippen LogP contribution < -0.4 is 5.32 Å². The normalized spacial score (nSPS) is 12.2. The Kier molecular flexibility index (Phi) is 5.25. The first kappa shape index (κ1) is 13.5. The van der Waals surface area contributed by atoms with Crippen LogP contribution in [0.15, 0.2) is 22.7 Å². The Morgan fingerprint density at radius 3 is 2.88 bits per heavy atom. The number of anilines is 1. The Balaban J connectivity index is 2.56. The number of nitrogens with one attached hydrogen (secondary N) is 1. The van der Waals surface area contributed by atoms with Gasteiger partial charge in [0.05, 0.1) is 11.8 Å². The Bertz CT molecular complexity index is 382. The molecule has 0 aliphatic heterocycles. The van der Waals surface area contributed by atoms with E-state index < -0.39 is 6.10 Å². The zero-order valence-corrected chi connectivity index (χ0v) is 11.2. The number of halogens is 2. The number of aliphatic hydroxyl groups is 1. The SMILES string of the molecule is CC(O)CCC(=O)Nc1ccc(Cl)cc1Br. The van der Waals surface area contributed by atoms with E-state index in [4.69, 9.17) is 16.7 Å². The maximum atomic E-state index is 11.5. The zero-order valence-electron chi connectivity index (χ0n) is 8.84. The summed E-state index contributed by atoms with van der Waals surface area (Å²) in [6.07, 6.45) is 0.295. The van der Waals surface area contributed by atoms with Gasteiger partial charge in [-0.25, -0.2) is 0 Å². The summed E-state index contributed by atoms with van der Waals surface area (Å²) in [5.41, 5.74) is 0.681. The fourth-order valence-corrected chi connectivity index (χ4v) is 1.93. The quantitative estimate of drug-likeness (QED) is 0.897. The van der Waals surface area contributed by atoms with Gasteiger partial charge in [-0.2, -0.15) is 0 Å². The molecule has 1 unspecified atom stereocenters. The van der Waals surface area contributed by atoms with Gasteiger partial charge in [0.2, 0.25) is 5.91 Å². The van der Waals surface area contributed by atoms with Crippen molar-refractivity contribution < 1.29 is 9.90 Å². The molecule has 0 aliphatic carbocycles. The smallest absolute Gasteiger partial charge is 0.224 e. The fraction of sp³-hybridized carbons (Fsp3) is 0.364. The molecule has 0 aromatic heterocycles. The van der Waals surface area contributed by atoms with Gasteiger partial charge in [0.25, 0.3) is 0 Å². The second-order valence-electron chi connectivity index (χ2n) is 3.56. The molecule has 1 aromatic rings. The molecular weight excluding hydrogens is 293 g/mol. The molecule has 0 saturated carbocycles. The molecule has 1 atom stereocenters. The van der Waals surface area contributed by atoms with Crippen LogP contribution in [0.5, 0.6) is 0 Å². The van der Waals surface area contributed by atoms with Crippen LogP contribution in [0.1, 0.15) is 19.8 Å². The minimum absolute atomic E-state index is 0.121. The van der Waals surface area contributed by atoms with Crippen LogP contribution in [-0.2, 0) is 4.79 Å². The number of carbonyl (C=O) groups excluding carboxylic acids is 1. The van der Waals surface area contributed by atoms with Gasteiger partial charge in [0.15, 0.2) is 0 Å². The minimum atomic E-state index is -0.459. The van der Waals surface area contributed by atoms with Gasteiger partial charge >= 0.3 is 0 Å². The van der Waals surface area contributed by atoms with E-state index in [1.807, 2.05) is 0 Å². The van der Waals surface area contributed by atoms with Gasteiger partial charge in [-0.15, -0.1) is 0 Å². The van der Waals surface area contributed by atoms with Crippen LogP contribution in [0.3, 0.4) is 0 Å². The van der Waals surface area contributed by atoms with E-state index in [1.54, 1.807) is 25.1 Å². The number of carbonyl (C=O) groups is 1. The highest BCUT2D eigenvalue weighted by molar-refractivity contribution is 9.10. The Hall–Kier alpha value is -0.580. The van der Waals surface area contributed by atoms with Crippen LogP contribution in [0, 0.1) is 0 Å². The van der Waals surface area contributed by atoms with Crippen molar-refractivity contribution >= 4 is 39.1 Å². The average Bonchev–Trinajstić information content (AvgIpc) is 2.19. The molecular formula is C11H13BrClNO2. The number of amides is 1. The molecule has 1 rings (SSSR count). The zero-order chi connectivity index (χ0) is 12.1. The van der Waals surface area contributed by atoms with Gasteiger partial charge in [-0.1, -0.05) is 11.6 Å². The highest BCUT2D eigenvalue weighted by atomic mass is 79.9. The lowest BCUT2D eigenvalue weighted by atomic mass is 10.2. The summed E-state index contributed by atoms with van der Waals surface area (Å²) in [4.78, 5) is 11.5. The van der Waals surface area contributed by atoms with E-state index in [0.717, 1.165) is 4.47 Å². The second-order valence-corrected chi connectivity index (χ2v) is 4.85. The van der Waals surface area contributed by atoms with Gasteiger partial charge < -0.3 is 10.4 Å². The molecule has 0 bridgehead atoms. The Labute approximate surface area is 108 Å². The summed E-state index contributed by atoms with van der Waals surface area (Å²) >= 11 is 9.09. The minimum Gasteiger partial charge on any atom is -0.393 e. The first-order valence-electron chi connectivity index (χ1n) is 4.92. The maximum absolute atomic E-state index is 11.5. The van der Waals surface area contributed by atoms with Crippen LogP contribution >= 0.6 is 27.5 Å². The number of hydrogen-bond donors (Lipinski definition) is 2. The standard InChI is InChI=1S/C11H13BrClNO2/c1-7(15)2-5-11(16)14-10-4-3-8(13)6-9(10)12/h3-4,6-7,15H,2,5H2,1H3,(H,14,16). The first-order valence-corrected chi connectivity index (χ1v) is 6.09. The monoisotopic (exact) mass is 305 g/mol. The molecule has 5 heteroatoms. The van der Waals surface area contributed by atoms with Gasteiger partial charge in [0, 0.05) is 15.9 Å². The number of aliphatic hydroxyl groups excluding tert-OH is 1. The van der Waals surface area contributed by atoms with Crippen molar-refractivity contribution in [1.82, 2.24) is 0 Å². The lowest BCUT2D eigenvalue weighted by Crippen LogP contribution is -2.14. The molecule has 0 fully saturated rings. The molecule has 0 heterocycles. The average molecular weight is 307 g/mol. The molecule has 1 aromatic carbocycles. The van der Waals surface area contributed by atoms with E-state index in [1.165, 1.54) is 0 Å². The van der Waals surface area contributed by atoms with E-state index in [-0.39, 0.29) is 5.91 Å². The Morgan fingerprint density at radius 2 is 2.31 bits per heavy atom. The molecule has 0 saturated heterocycles. The van der Waals surface area contributed by atoms with Crippen molar-refractivity contribution in [3.8, 4) is 0 Å². The summed E-state index contributed by atoms with van der Waals surface area (Å²) in [7, 11) is 0. The lowest BCUT2D eigenvalue weighted by Gasteiger charge is -2.08. The summed E-state index contributed by atoms with van der Waals surface area (Å²) in [5.74, 6) is -0.121. The number of rotatable bonds is 4. The topological polar surface area (TPSA) is 49.3 Å². The third-order valence-electron chi connectivity index (χ3n) is 1.99. The highest BCUT2D eigenvalue weighted by Gasteiger charge is 2.07. The van der Waals surface area contributed by atoms with E-state index >= 15 is 0 Å². The third kappa shape index (κ3) is 4.51. The van der Waals surface area contributed by atoms with Crippen molar-refractivity contribution in [2.75, 3.05) is 5.32 Å². The van der Waals surface area contributed by atoms with E-state index in [9.17, 15) is 4.79 Å². The van der Waals surface area contributed by atoms with Gasteiger partial charge in [-0.3, -0.25) is 4.79 Å². The molecule has 3 nitrogen and oxygen atoms in total. The van der Waals surface area contributed by atoms with E-state index in [0.29, 0.717) is 23.6 Å². The molecule has 1 amide bonds. The van der Waals surface area contributed by atoms with Crippen molar-refractivity contribution in [1.29, 1.82) is 0 Å². The largest absolute Gasteiger partial charge is 0.393 e. The summed E-state index contributed by atoms with van der Waals surface area (Å²) < 4.78 is 0.741. The molecule has 0 spiro atoms. The molecule has 0 radical (unpaired) electrons. The fourth-order valence-electron chi connectivity index (χ4n) is 1.14. The number of hydrogen-bond acceptors (Lipinski definition) is 2. The van der Waals surface area contributed by atoms with Crippen molar-refractivity contribution in [3.05, 3.63) is 27.7 Å². The van der Waals surface area contributed by atoms with Crippen LogP contribution in [0.4, 0.5) is 5.69 Å². The van der Waals surface area contributed by atoms with Crippen LogP contribution in [0.2, 0.25) is 5.02 Å². The second kappa shape index (κ2) is 6.23. The molecule has 16 heavy (non-hydrogen) atoms. The first-order chi connectivity index (χ1) is 7.49. The summed E-state index contributed by atoms with van der Waals surface area (Å²) in [6, 6.07) is 5.15. The number of benzene rings is 1. The van der Waals surface area contributed by atoms with Crippen molar-refractivity contribution in [2.24, 2.45) is 0 Å². The summed E-state index contributed by atoms with van der Waals surface area (Å²) in [6.45, 7) is 1.66. The lowest BCUT2D eigenvalue weighted by molar-refractivity contribution is -0.116. The van der Waals surface area contributed by atoms with Crippen LogP contribution in [-0.4, -0.2) is 17.1 Å². The van der Waals surface area contributed by atoms with Gasteiger partial charge in [-0.05, 0) is 47.5 Å². The predicted molar refractivity (Wildman–Crippen MR) is 68.7 cm³/mol. The van der Waals surface area contributed by atoms with Crippen molar-refractivity contribution in [2.45, 2.75) is 25.9 Å². The highest BCUT2D eigenvalue weighted by Crippen LogP contribution is 2.25. The Morgan fingerprint density at radius 1 is 1.62 bits per heavy atom. The predicted octanol–water partition coefficient (Wildman–Crippen LogP) is 3.20. The van der Waals surface area contributed by atoms with Gasteiger partial charge in [0.1, 0.15) is 0 Å². The molecule has 2 N–H and O–H groups in total. The third-order valence-corrected chi connectivity index (χ3v) is 2.89. The van der Waals surface area contributed by atoms with Crippen molar-refractivity contribution in [3.63, 3.8) is 0 Å².